The van der Waals surface area contributed by atoms with E-state index in [9.17, 15) is 8.42 Å². The molecule has 0 atom stereocenters. The van der Waals surface area contributed by atoms with Gasteiger partial charge in [-0.25, -0.2) is 13.1 Å². The Labute approximate surface area is 128 Å². The molecule has 0 unspecified atom stereocenters. The smallest absolute Gasteiger partial charge is 0.242 e. The number of nitrogens with two attached hydrogens (primary N) is 1. The van der Waals surface area contributed by atoms with Gasteiger partial charge in [-0.15, -0.1) is 0 Å². The van der Waals surface area contributed by atoms with Crippen molar-refractivity contribution in [1.82, 2.24) is 4.72 Å². The Morgan fingerprint density at radius 2 is 1.90 bits per heavy atom. The largest absolute Gasteiger partial charge is 0.456 e. The Kier molecular flexibility index (Phi) is 4.41. The van der Waals surface area contributed by atoms with Gasteiger partial charge in [-0.05, 0) is 43.8 Å². The number of nitrogens with one attached hydrogen (secondary N) is 1. The van der Waals surface area contributed by atoms with Crippen LogP contribution in [0.3, 0.4) is 0 Å². The van der Waals surface area contributed by atoms with Crippen LogP contribution >= 0.6 is 11.6 Å². The number of anilines is 1. The molecule has 112 valence electrons. The van der Waals surface area contributed by atoms with Crippen LogP contribution in [0.25, 0.3) is 0 Å². The van der Waals surface area contributed by atoms with Crippen LogP contribution in [0.5, 0.6) is 11.5 Å². The van der Waals surface area contributed by atoms with Crippen molar-refractivity contribution >= 4 is 27.3 Å². The van der Waals surface area contributed by atoms with Crippen LogP contribution in [-0.4, -0.2) is 15.5 Å². The number of benzene rings is 2. The first kappa shape index (κ1) is 15.6. The Balaban J connectivity index is 2.35. The molecule has 5 nitrogen and oxygen atoms in total. The second kappa shape index (κ2) is 5.93. The zero-order valence-electron chi connectivity index (χ0n) is 11.6. The van der Waals surface area contributed by atoms with Gasteiger partial charge in [0.25, 0.3) is 0 Å². The van der Waals surface area contributed by atoms with Gasteiger partial charge in [0.05, 0.1) is 10.7 Å². The molecular formula is C14H15ClN2O3S. The minimum absolute atomic E-state index is 0.00712. The maximum atomic E-state index is 11.7. The number of aryl methyl sites for hydroxylation is 1. The topological polar surface area (TPSA) is 81.4 Å². The van der Waals surface area contributed by atoms with Gasteiger partial charge in [0.1, 0.15) is 16.4 Å². The summed E-state index contributed by atoms with van der Waals surface area (Å²) in [7, 11) is -2.26. The number of hydrogen-bond acceptors (Lipinski definition) is 4. The third-order valence-corrected chi connectivity index (χ3v) is 4.65. The van der Waals surface area contributed by atoms with Gasteiger partial charge in [0.15, 0.2) is 0 Å². The lowest BCUT2D eigenvalue weighted by molar-refractivity contribution is 0.482. The lowest BCUT2D eigenvalue weighted by Gasteiger charge is -2.11. The monoisotopic (exact) mass is 326 g/mol. The summed E-state index contributed by atoms with van der Waals surface area (Å²) in [6.45, 7) is 1.92. The normalized spacial score (nSPS) is 11.4. The lowest BCUT2D eigenvalue weighted by Crippen LogP contribution is -2.19. The summed E-state index contributed by atoms with van der Waals surface area (Å²) in [4.78, 5) is 0.00712. The molecule has 2 aromatic carbocycles. The second-order valence-corrected chi connectivity index (χ2v) is 6.71. The van der Waals surface area contributed by atoms with Crippen LogP contribution in [0.4, 0.5) is 5.69 Å². The van der Waals surface area contributed by atoms with Crippen molar-refractivity contribution < 1.29 is 13.2 Å². The molecule has 2 rings (SSSR count). The van der Waals surface area contributed by atoms with Gasteiger partial charge in [0.2, 0.25) is 10.0 Å². The van der Waals surface area contributed by atoms with E-state index in [0.717, 1.165) is 5.56 Å². The van der Waals surface area contributed by atoms with E-state index in [0.29, 0.717) is 16.5 Å². The van der Waals surface area contributed by atoms with Gasteiger partial charge in [-0.2, -0.15) is 0 Å². The van der Waals surface area contributed by atoms with Crippen molar-refractivity contribution in [3.63, 3.8) is 0 Å². The molecule has 0 bridgehead atoms. The Morgan fingerprint density at radius 3 is 2.52 bits per heavy atom. The summed E-state index contributed by atoms with van der Waals surface area (Å²) < 4.78 is 31.3. The zero-order valence-corrected chi connectivity index (χ0v) is 13.1. The van der Waals surface area contributed by atoms with Crippen molar-refractivity contribution in [2.45, 2.75) is 11.8 Å². The minimum Gasteiger partial charge on any atom is -0.456 e. The molecule has 2 aromatic rings. The highest BCUT2D eigenvalue weighted by molar-refractivity contribution is 7.89. The number of sulfonamides is 1. The van der Waals surface area contributed by atoms with Crippen molar-refractivity contribution in [3.8, 4) is 11.5 Å². The first-order chi connectivity index (χ1) is 9.83. The van der Waals surface area contributed by atoms with E-state index in [1.54, 1.807) is 12.1 Å². The average Bonchev–Trinajstić information content (AvgIpc) is 2.43. The minimum atomic E-state index is -3.59. The summed E-state index contributed by atoms with van der Waals surface area (Å²) in [6, 6.07) is 9.75. The molecular weight excluding hydrogens is 312 g/mol. The van der Waals surface area contributed by atoms with Crippen LogP contribution in [0, 0.1) is 6.92 Å². The highest BCUT2D eigenvalue weighted by Crippen LogP contribution is 2.32. The van der Waals surface area contributed by atoms with E-state index in [1.165, 1.54) is 25.2 Å². The van der Waals surface area contributed by atoms with Gasteiger partial charge >= 0.3 is 0 Å². The molecule has 0 aromatic heterocycles. The number of nitrogen functional groups attached to an aromatic ring is 1. The molecule has 7 heteroatoms. The van der Waals surface area contributed by atoms with Gasteiger partial charge in [-0.1, -0.05) is 17.7 Å². The van der Waals surface area contributed by atoms with Gasteiger partial charge in [0, 0.05) is 6.07 Å². The Hall–Kier alpha value is -1.76. The predicted octanol–water partition coefficient (Wildman–Crippen LogP) is 2.93. The fourth-order valence-electron chi connectivity index (χ4n) is 1.76. The first-order valence-electron chi connectivity index (χ1n) is 6.10. The fourth-order valence-corrected chi connectivity index (χ4v) is 2.75. The SMILES string of the molecule is CNS(=O)(=O)c1ccc(Oc2cc(C)ccc2Cl)cc1N. The average molecular weight is 327 g/mol. The molecule has 0 fully saturated rings. The van der Waals surface area contributed by atoms with Crippen molar-refractivity contribution in [1.29, 1.82) is 0 Å². The number of halogens is 1. The lowest BCUT2D eigenvalue weighted by atomic mass is 10.2. The van der Waals surface area contributed by atoms with Gasteiger partial charge in [-0.3, -0.25) is 0 Å². The van der Waals surface area contributed by atoms with E-state index in [2.05, 4.69) is 4.72 Å². The molecule has 0 aliphatic heterocycles. The summed E-state index contributed by atoms with van der Waals surface area (Å²) in [5, 5.41) is 0.464. The molecule has 0 heterocycles. The van der Waals surface area contributed by atoms with E-state index in [4.69, 9.17) is 22.1 Å². The van der Waals surface area contributed by atoms with E-state index in [1.807, 2.05) is 13.0 Å². The second-order valence-electron chi connectivity index (χ2n) is 4.44. The molecule has 0 saturated heterocycles. The number of hydrogen-bond donors (Lipinski definition) is 2. The predicted molar refractivity (Wildman–Crippen MR) is 83.4 cm³/mol. The van der Waals surface area contributed by atoms with E-state index < -0.39 is 10.0 Å². The number of ether oxygens (including phenoxy) is 1. The molecule has 0 aliphatic rings. The Bertz CT molecular complexity index is 776. The standard InChI is InChI=1S/C14H15ClN2O3S/c1-9-3-5-11(15)13(7-9)20-10-4-6-14(12(16)8-10)21(18,19)17-2/h3-8,17H,16H2,1-2H3. The molecule has 0 aliphatic carbocycles. The van der Waals surface area contributed by atoms with Gasteiger partial charge < -0.3 is 10.5 Å². The van der Waals surface area contributed by atoms with Crippen molar-refractivity contribution in [2.24, 2.45) is 0 Å². The van der Waals surface area contributed by atoms with Crippen LogP contribution in [0.15, 0.2) is 41.3 Å². The molecule has 3 N–H and O–H groups in total. The summed E-state index contributed by atoms with van der Waals surface area (Å²) >= 11 is 6.05. The molecule has 21 heavy (non-hydrogen) atoms. The summed E-state index contributed by atoms with van der Waals surface area (Å²) in [5.41, 5.74) is 6.87. The third-order valence-electron chi connectivity index (χ3n) is 2.85. The molecule has 0 saturated carbocycles. The molecule has 0 spiro atoms. The molecule has 0 amide bonds. The quantitative estimate of drug-likeness (QED) is 0.846. The van der Waals surface area contributed by atoms with Crippen LogP contribution in [0.1, 0.15) is 5.56 Å². The van der Waals surface area contributed by atoms with Crippen LogP contribution in [0.2, 0.25) is 5.02 Å². The summed E-state index contributed by atoms with van der Waals surface area (Å²) in [6.07, 6.45) is 0. The van der Waals surface area contributed by atoms with Crippen LogP contribution in [-0.2, 0) is 10.0 Å². The third kappa shape index (κ3) is 3.47. The highest BCUT2D eigenvalue weighted by Gasteiger charge is 2.16. The Morgan fingerprint density at radius 1 is 1.19 bits per heavy atom. The van der Waals surface area contributed by atoms with E-state index in [-0.39, 0.29) is 10.6 Å². The first-order valence-corrected chi connectivity index (χ1v) is 7.96. The number of rotatable bonds is 4. The fraction of sp³-hybridized carbons (Fsp3) is 0.143. The highest BCUT2D eigenvalue weighted by atomic mass is 35.5. The van der Waals surface area contributed by atoms with E-state index >= 15 is 0 Å². The summed E-state index contributed by atoms with van der Waals surface area (Å²) in [5.74, 6) is 0.898. The maximum Gasteiger partial charge on any atom is 0.242 e. The maximum absolute atomic E-state index is 11.7. The van der Waals surface area contributed by atoms with Crippen molar-refractivity contribution in [2.75, 3.05) is 12.8 Å². The molecule has 0 radical (unpaired) electrons. The van der Waals surface area contributed by atoms with Crippen LogP contribution < -0.4 is 15.2 Å². The zero-order chi connectivity index (χ0) is 15.6. The van der Waals surface area contributed by atoms with Crippen molar-refractivity contribution in [3.05, 3.63) is 47.0 Å².